The van der Waals surface area contributed by atoms with E-state index in [9.17, 15) is 0 Å². The fourth-order valence-corrected chi connectivity index (χ4v) is 2.71. The minimum absolute atomic E-state index is 0.626. The van der Waals surface area contributed by atoms with Crippen LogP contribution in [0.5, 0.6) is 11.5 Å². The highest BCUT2D eigenvalue weighted by Gasteiger charge is 2.05. The van der Waals surface area contributed by atoms with Crippen LogP contribution in [0.15, 0.2) is 60.9 Å². The summed E-state index contributed by atoms with van der Waals surface area (Å²) in [6.07, 6.45) is 2.50. The maximum absolute atomic E-state index is 5.34. The molecule has 0 fully saturated rings. The number of rotatable bonds is 9. The number of hydrogen-bond acceptors (Lipinski definition) is 6. The van der Waals surface area contributed by atoms with Crippen LogP contribution >= 0.6 is 0 Å². The van der Waals surface area contributed by atoms with Crippen LogP contribution in [0.4, 0.5) is 11.6 Å². The van der Waals surface area contributed by atoms with Crippen molar-refractivity contribution < 1.29 is 9.47 Å². The third-order valence-electron chi connectivity index (χ3n) is 4.15. The van der Waals surface area contributed by atoms with Gasteiger partial charge in [-0.25, -0.2) is 9.97 Å². The van der Waals surface area contributed by atoms with Gasteiger partial charge in [0.1, 0.15) is 18.0 Å². The Kier molecular flexibility index (Phi) is 6.46. The zero-order valence-corrected chi connectivity index (χ0v) is 15.6. The molecular formula is C21H24N4O2. The molecule has 2 aromatic carbocycles. The monoisotopic (exact) mass is 364 g/mol. The summed E-state index contributed by atoms with van der Waals surface area (Å²) >= 11 is 0. The van der Waals surface area contributed by atoms with E-state index in [1.807, 2.05) is 30.3 Å². The van der Waals surface area contributed by atoms with Gasteiger partial charge in [0.05, 0.1) is 14.2 Å². The van der Waals surface area contributed by atoms with Crippen molar-refractivity contribution in [1.29, 1.82) is 0 Å². The average Bonchev–Trinajstić information content (AvgIpc) is 2.73. The highest BCUT2D eigenvalue weighted by atomic mass is 16.5. The molecule has 0 amide bonds. The Hall–Kier alpha value is -3.28. The molecule has 27 heavy (non-hydrogen) atoms. The topological polar surface area (TPSA) is 68.3 Å². The number of nitrogens with one attached hydrogen (secondary N) is 2. The third-order valence-corrected chi connectivity index (χ3v) is 4.15. The maximum atomic E-state index is 5.34. The summed E-state index contributed by atoms with van der Waals surface area (Å²) < 4.78 is 10.6. The molecule has 0 aliphatic carbocycles. The molecular weight excluding hydrogens is 340 g/mol. The fourth-order valence-electron chi connectivity index (χ4n) is 2.71. The highest BCUT2D eigenvalue weighted by Crippen LogP contribution is 2.27. The second-order valence-corrected chi connectivity index (χ2v) is 5.99. The van der Waals surface area contributed by atoms with Gasteiger partial charge in [0, 0.05) is 19.2 Å². The number of anilines is 2. The molecule has 1 aromatic heterocycles. The average molecular weight is 364 g/mol. The molecule has 3 rings (SSSR count). The number of methoxy groups -OCH3 is 2. The molecule has 0 saturated heterocycles. The Morgan fingerprint density at radius 3 is 2.26 bits per heavy atom. The zero-order chi connectivity index (χ0) is 18.9. The lowest BCUT2D eigenvalue weighted by atomic mass is 10.1. The van der Waals surface area contributed by atoms with Gasteiger partial charge in [-0.2, -0.15) is 0 Å². The number of hydrogen-bond donors (Lipinski definition) is 2. The van der Waals surface area contributed by atoms with Crippen LogP contribution in [0.2, 0.25) is 0 Å². The minimum Gasteiger partial charge on any atom is -0.493 e. The molecule has 6 heteroatoms. The van der Waals surface area contributed by atoms with Crippen LogP contribution in [0.25, 0.3) is 0 Å². The van der Waals surface area contributed by atoms with Gasteiger partial charge in [-0.3, -0.25) is 0 Å². The SMILES string of the molecule is COc1ccc(CNc2cc(NCCc3ccccc3)ncn2)cc1OC. The minimum atomic E-state index is 0.626. The van der Waals surface area contributed by atoms with Crippen molar-refractivity contribution in [3.63, 3.8) is 0 Å². The molecule has 0 unspecified atom stereocenters. The summed E-state index contributed by atoms with van der Waals surface area (Å²) in [5.74, 6) is 2.99. The normalized spacial score (nSPS) is 10.3. The number of ether oxygens (including phenoxy) is 2. The summed E-state index contributed by atoms with van der Waals surface area (Å²) in [7, 11) is 3.26. The van der Waals surface area contributed by atoms with E-state index in [0.29, 0.717) is 18.0 Å². The van der Waals surface area contributed by atoms with Crippen molar-refractivity contribution >= 4 is 11.6 Å². The van der Waals surface area contributed by atoms with Crippen LogP contribution in [0.1, 0.15) is 11.1 Å². The summed E-state index contributed by atoms with van der Waals surface area (Å²) in [4.78, 5) is 8.56. The smallest absolute Gasteiger partial charge is 0.161 e. The summed E-state index contributed by atoms with van der Waals surface area (Å²) in [6, 6.07) is 18.1. The van der Waals surface area contributed by atoms with Gasteiger partial charge in [0.25, 0.3) is 0 Å². The molecule has 0 radical (unpaired) electrons. The van der Waals surface area contributed by atoms with Crippen molar-refractivity contribution in [2.45, 2.75) is 13.0 Å². The van der Waals surface area contributed by atoms with Crippen LogP contribution in [0.3, 0.4) is 0 Å². The summed E-state index contributed by atoms with van der Waals surface area (Å²) in [5.41, 5.74) is 2.37. The summed E-state index contributed by atoms with van der Waals surface area (Å²) in [6.45, 7) is 1.44. The second-order valence-electron chi connectivity index (χ2n) is 5.99. The molecule has 1 heterocycles. The van der Waals surface area contributed by atoms with Crippen LogP contribution < -0.4 is 20.1 Å². The van der Waals surface area contributed by atoms with Gasteiger partial charge in [0.2, 0.25) is 0 Å². The standard InChI is InChI=1S/C21H24N4O2/c1-26-18-9-8-17(12-19(18)27-2)14-23-21-13-20(24-15-25-21)22-11-10-16-6-4-3-5-7-16/h3-9,12-13,15H,10-11,14H2,1-2H3,(H2,22,23,24,25). The summed E-state index contributed by atoms with van der Waals surface area (Å²) in [5, 5.41) is 6.65. The molecule has 2 N–H and O–H groups in total. The van der Waals surface area contributed by atoms with Gasteiger partial charge >= 0.3 is 0 Å². The first-order valence-corrected chi connectivity index (χ1v) is 8.83. The Bertz CT molecular complexity index is 856. The van der Waals surface area contributed by atoms with E-state index in [-0.39, 0.29) is 0 Å². The quantitative estimate of drug-likeness (QED) is 0.603. The van der Waals surface area contributed by atoms with Crippen molar-refractivity contribution in [2.24, 2.45) is 0 Å². The Labute approximate surface area is 159 Å². The molecule has 3 aromatic rings. The highest BCUT2D eigenvalue weighted by molar-refractivity contribution is 5.48. The maximum Gasteiger partial charge on any atom is 0.161 e. The van der Waals surface area contributed by atoms with Gasteiger partial charge in [-0.1, -0.05) is 36.4 Å². The first-order chi connectivity index (χ1) is 13.3. The lowest BCUT2D eigenvalue weighted by molar-refractivity contribution is 0.354. The van der Waals surface area contributed by atoms with Gasteiger partial charge in [-0.05, 0) is 29.7 Å². The van der Waals surface area contributed by atoms with E-state index in [0.717, 1.165) is 30.2 Å². The largest absolute Gasteiger partial charge is 0.493 e. The second kappa shape index (κ2) is 9.43. The first-order valence-electron chi connectivity index (χ1n) is 8.83. The van der Waals surface area contributed by atoms with E-state index in [4.69, 9.17) is 9.47 Å². The molecule has 0 bridgehead atoms. The zero-order valence-electron chi connectivity index (χ0n) is 15.6. The molecule has 6 nitrogen and oxygen atoms in total. The van der Waals surface area contributed by atoms with Crippen LogP contribution in [-0.4, -0.2) is 30.7 Å². The number of benzene rings is 2. The van der Waals surface area contributed by atoms with Crippen LogP contribution in [-0.2, 0) is 13.0 Å². The Balaban J connectivity index is 1.54. The van der Waals surface area contributed by atoms with Gasteiger partial charge < -0.3 is 20.1 Å². The van der Waals surface area contributed by atoms with Crippen molar-refractivity contribution in [2.75, 3.05) is 31.4 Å². The van der Waals surface area contributed by atoms with E-state index in [2.05, 4.69) is 44.9 Å². The molecule has 0 spiro atoms. The molecule has 0 aliphatic heterocycles. The molecule has 0 saturated carbocycles. The van der Waals surface area contributed by atoms with Gasteiger partial charge in [0.15, 0.2) is 11.5 Å². The van der Waals surface area contributed by atoms with E-state index >= 15 is 0 Å². The van der Waals surface area contributed by atoms with E-state index in [1.165, 1.54) is 5.56 Å². The van der Waals surface area contributed by atoms with E-state index < -0.39 is 0 Å². The van der Waals surface area contributed by atoms with E-state index in [1.54, 1.807) is 20.5 Å². The lowest BCUT2D eigenvalue weighted by Crippen LogP contribution is -2.08. The van der Waals surface area contributed by atoms with Gasteiger partial charge in [-0.15, -0.1) is 0 Å². The molecule has 140 valence electrons. The Morgan fingerprint density at radius 1 is 0.778 bits per heavy atom. The van der Waals surface area contributed by atoms with Crippen molar-refractivity contribution in [1.82, 2.24) is 9.97 Å². The van der Waals surface area contributed by atoms with Crippen molar-refractivity contribution in [3.8, 4) is 11.5 Å². The first kappa shape index (κ1) is 18.5. The predicted octanol–water partition coefficient (Wildman–Crippen LogP) is 3.76. The van der Waals surface area contributed by atoms with Crippen LogP contribution in [0, 0.1) is 0 Å². The molecule has 0 aliphatic rings. The third kappa shape index (κ3) is 5.34. The molecule has 0 atom stereocenters. The lowest BCUT2D eigenvalue weighted by Gasteiger charge is -2.11. The van der Waals surface area contributed by atoms with Crippen molar-refractivity contribution in [3.05, 3.63) is 72.1 Å². The number of nitrogens with zero attached hydrogens (tertiary/aromatic N) is 2. The fraction of sp³-hybridized carbons (Fsp3) is 0.238. The predicted molar refractivity (Wildman–Crippen MR) is 108 cm³/mol. The Morgan fingerprint density at radius 2 is 1.52 bits per heavy atom. The number of aromatic nitrogens is 2.